The maximum atomic E-state index is 6.04. The summed E-state index contributed by atoms with van der Waals surface area (Å²) in [6, 6.07) is 42.8. The van der Waals surface area contributed by atoms with Crippen LogP contribution in [0.3, 0.4) is 0 Å². The van der Waals surface area contributed by atoms with E-state index in [2.05, 4.69) is 132 Å². The molecule has 0 saturated carbocycles. The Labute approximate surface area is 217 Å². The van der Waals surface area contributed by atoms with Gasteiger partial charge in [0, 0.05) is 39.1 Å². The lowest BCUT2D eigenvalue weighted by Crippen LogP contribution is -2.33. The van der Waals surface area contributed by atoms with Crippen molar-refractivity contribution in [3.8, 4) is 16.9 Å². The summed E-state index contributed by atoms with van der Waals surface area (Å²) in [4.78, 5) is 7.70. The van der Waals surface area contributed by atoms with Crippen molar-refractivity contribution in [3.05, 3.63) is 150 Å². The molecule has 3 nitrogen and oxygen atoms in total. The fraction of sp³-hybridized carbons (Fsp3) is 0.118. The maximum absolute atomic E-state index is 6.04. The van der Waals surface area contributed by atoms with Crippen LogP contribution in [0.4, 0.5) is 0 Å². The van der Waals surface area contributed by atoms with Crippen molar-refractivity contribution in [2.24, 2.45) is 0 Å². The zero-order valence-corrected chi connectivity index (χ0v) is 21.2. The number of aromatic nitrogens is 2. The minimum absolute atomic E-state index is 0.689. The molecule has 0 amide bonds. The van der Waals surface area contributed by atoms with Crippen LogP contribution in [0.5, 0.6) is 5.75 Å². The number of para-hydroxylation sites is 2. The van der Waals surface area contributed by atoms with Gasteiger partial charge in [0.05, 0.1) is 7.11 Å². The lowest BCUT2D eigenvalue weighted by atomic mass is 9.67. The highest BCUT2D eigenvalue weighted by Gasteiger charge is 2.45. The van der Waals surface area contributed by atoms with Crippen LogP contribution >= 0.6 is 0 Å². The third-order valence-electron chi connectivity index (χ3n) is 7.39. The van der Waals surface area contributed by atoms with E-state index >= 15 is 0 Å². The van der Waals surface area contributed by atoms with Crippen molar-refractivity contribution in [2.45, 2.75) is 18.8 Å². The molecule has 0 aliphatic rings. The lowest BCUT2D eigenvalue weighted by Gasteiger charge is -2.36. The Morgan fingerprint density at radius 3 is 2.08 bits per heavy atom. The van der Waals surface area contributed by atoms with Gasteiger partial charge in [0.15, 0.2) is 0 Å². The number of benzene rings is 4. The summed E-state index contributed by atoms with van der Waals surface area (Å²) >= 11 is 0. The number of aromatic amines is 2. The maximum Gasteiger partial charge on any atom is 0.123 e. The third-order valence-corrected chi connectivity index (χ3v) is 7.39. The van der Waals surface area contributed by atoms with Gasteiger partial charge in [-0.1, -0.05) is 104 Å². The van der Waals surface area contributed by atoms with Crippen LogP contribution in [0.1, 0.15) is 35.1 Å². The van der Waals surface area contributed by atoms with Gasteiger partial charge in [0.25, 0.3) is 0 Å². The van der Waals surface area contributed by atoms with Crippen molar-refractivity contribution >= 4 is 10.9 Å². The summed E-state index contributed by atoms with van der Waals surface area (Å²) in [5, 5.41) is 1.20. The zero-order valence-electron chi connectivity index (χ0n) is 21.2. The smallest absolute Gasteiger partial charge is 0.123 e. The highest BCUT2D eigenvalue weighted by atomic mass is 16.5. The SMILES string of the molecule is CCc1ccc([C@](c2ccccc2)(c2ccccc2OC)c2[nH]c3ccccc3c2-c2ccccc2)[nH]1. The number of aryl methyl sites for hydroxylation is 1. The summed E-state index contributed by atoms with van der Waals surface area (Å²) in [5.41, 5.74) is 8.43. The predicted molar refractivity (Wildman–Crippen MR) is 152 cm³/mol. The molecule has 0 aliphatic carbocycles. The number of hydrogen-bond acceptors (Lipinski definition) is 1. The molecule has 0 radical (unpaired) electrons. The molecule has 0 spiro atoms. The number of H-pyrrole nitrogens is 2. The molecule has 37 heavy (non-hydrogen) atoms. The van der Waals surface area contributed by atoms with Gasteiger partial charge in [-0.15, -0.1) is 0 Å². The molecule has 0 saturated heterocycles. The largest absolute Gasteiger partial charge is 0.496 e. The number of rotatable bonds is 7. The fourth-order valence-corrected chi connectivity index (χ4v) is 5.71. The number of ether oxygens (including phenoxy) is 1. The van der Waals surface area contributed by atoms with Gasteiger partial charge < -0.3 is 14.7 Å². The van der Waals surface area contributed by atoms with Crippen molar-refractivity contribution in [1.82, 2.24) is 9.97 Å². The predicted octanol–water partition coefficient (Wildman–Crippen LogP) is 8.12. The van der Waals surface area contributed by atoms with Crippen molar-refractivity contribution < 1.29 is 4.74 Å². The fourth-order valence-electron chi connectivity index (χ4n) is 5.71. The third kappa shape index (κ3) is 3.66. The number of hydrogen-bond donors (Lipinski definition) is 2. The molecule has 0 aliphatic heterocycles. The van der Waals surface area contributed by atoms with Gasteiger partial charge in [0.2, 0.25) is 0 Å². The van der Waals surface area contributed by atoms with E-state index in [9.17, 15) is 0 Å². The highest BCUT2D eigenvalue weighted by molar-refractivity contribution is 5.99. The molecular formula is C34H30N2O. The lowest BCUT2D eigenvalue weighted by molar-refractivity contribution is 0.404. The highest BCUT2D eigenvalue weighted by Crippen LogP contribution is 2.51. The van der Waals surface area contributed by atoms with E-state index in [-0.39, 0.29) is 0 Å². The van der Waals surface area contributed by atoms with E-state index in [0.29, 0.717) is 0 Å². The molecule has 1 atom stereocenters. The molecular weight excluding hydrogens is 452 g/mol. The minimum atomic E-state index is -0.689. The topological polar surface area (TPSA) is 40.8 Å². The van der Waals surface area contributed by atoms with Gasteiger partial charge in [0.1, 0.15) is 11.2 Å². The standard InChI is InChI=1S/C34H30N2O/c1-3-26-22-23-31(35-26)34(25-16-8-5-9-17-25,28-19-11-13-21-30(28)37-2)33-32(24-14-6-4-7-15-24)27-18-10-12-20-29(27)36-33/h4-23,35-36H,3H2,1-2H3/t34-/m0/s1. The normalized spacial score (nSPS) is 12.9. The summed E-state index contributed by atoms with van der Waals surface area (Å²) in [6.07, 6.45) is 0.926. The van der Waals surface area contributed by atoms with Crippen LogP contribution in [-0.4, -0.2) is 17.1 Å². The first-order valence-corrected chi connectivity index (χ1v) is 12.8. The molecule has 2 aromatic heterocycles. The summed E-state index contributed by atoms with van der Waals surface area (Å²) < 4.78 is 6.04. The molecule has 3 heteroatoms. The van der Waals surface area contributed by atoms with E-state index < -0.39 is 5.41 Å². The molecule has 6 aromatic rings. The Kier molecular flexibility index (Phi) is 5.90. The second-order valence-corrected chi connectivity index (χ2v) is 9.35. The van der Waals surface area contributed by atoms with Gasteiger partial charge >= 0.3 is 0 Å². The molecule has 2 heterocycles. The molecule has 0 unspecified atom stereocenters. The van der Waals surface area contributed by atoms with Crippen molar-refractivity contribution in [1.29, 1.82) is 0 Å². The Morgan fingerprint density at radius 1 is 0.676 bits per heavy atom. The summed E-state index contributed by atoms with van der Waals surface area (Å²) in [7, 11) is 1.75. The van der Waals surface area contributed by atoms with Crippen molar-refractivity contribution in [2.75, 3.05) is 7.11 Å². The van der Waals surface area contributed by atoms with Gasteiger partial charge in [-0.3, -0.25) is 0 Å². The summed E-state index contributed by atoms with van der Waals surface area (Å²) in [5.74, 6) is 0.844. The molecule has 182 valence electrons. The van der Waals surface area contributed by atoms with E-state index in [0.717, 1.165) is 40.2 Å². The molecule has 6 rings (SSSR count). The van der Waals surface area contributed by atoms with Gasteiger partial charge in [-0.25, -0.2) is 0 Å². The Bertz CT molecular complexity index is 1650. The van der Waals surface area contributed by atoms with Gasteiger partial charge in [-0.05, 0) is 41.8 Å². The van der Waals surface area contributed by atoms with Crippen LogP contribution in [0, 0.1) is 0 Å². The second kappa shape index (κ2) is 9.51. The molecule has 2 N–H and O–H groups in total. The average Bonchev–Trinajstić information content (AvgIpc) is 3.61. The molecule has 0 bridgehead atoms. The summed E-state index contributed by atoms with van der Waals surface area (Å²) in [6.45, 7) is 2.18. The Hall–Kier alpha value is -4.50. The van der Waals surface area contributed by atoms with Crippen molar-refractivity contribution in [3.63, 3.8) is 0 Å². The quantitative estimate of drug-likeness (QED) is 0.237. The van der Waals surface area contributed by atoms with Crippen LogP contribution in [0.2, 0.25) is 0 Å². The van der Waals surface area contributed by atoms with Crippen LogP contribution in [0.15, 0.2) is 121 Å². The van der Waals surface area contributed by atoms with Crippen LogP contribution in [0.25, 0.3) is 22.0 Å². The average molecular weight is 483 g/mol. The molecule has 4 aromatic carbocycles. The first-order valence-electron chi connectivity index (χ1n) is 12.8. The van der Waals surface area contributed by atoms with Gasteiger partial charge in [-0.2, -0.15) is 0 Å². The zero-order chi connectivity index (χ0) is 25.2. The monoisotopic (exact) mass is 482 g/mol. The van der Waals surface area contributed by atoms with E-state index in [4.69, 9.17) is 4.74 Å². The Morgan fingerprint density at radius 2 is 1.35 bits per heavy atom. The first-order chi connectivity index (χ1) is 18.3. The second-order valence-electron chi connectivity index (χ2n) is 9.35. The van der Waals surface area contributed by atoms with E-state index in [1.807, 2.05) is 6.07 Å². The first kappa shape index (κ1) is 22.9. The van der Waals surface area contributed by atoms with E-state index in [1.54, 1.807) is 7.11 Å². The van der Waals surface area contributed by atoms with Crippen LogP contribution < -0.4 is 4.74 Å². The van der Waals surface area contributed by atoms with E-state index in [1.165, 1.54) is 22.2 Å². The number of methoxy groups -OCH3 is 1. The number of fused-ring (bicyclic) bond motifs is 1. The number of nitrogens with one attached hydrogen (secondary N) is 2. The van der Waals surface area contributed by atoms with Crippen LogP contribution in [-0.2, 0) is 11.8 Å². The Balaban J connectivity index is 1.84. The minimum Gasteiger partial charge on any atom is -0.496 e. The molecule has 0 fully saturated rings.